The van der Waals surface area contributed by atoms with E-state index in [1.54, 1.807) is 12.1 Å². The molecule has 106 valence electrons. The normalized spacial score (nSPS) is 10.6. The quantitative estimate of drug-likeness (QED) is 0.852. The molecule has 0 atom stereocenters. The molecule has 0 bridgehead atoms. The van der Waals surface area contributed by atoms with Crippen LogP contribution in [0, 0.1) is 0 Å². The summed E-state index contributed by atoms with van der Waals surface area (Å²) in [7, 11) is 0. The Labute approximate surface area is 130 Å². The maximum absolute atomic E-state index is 6.13. The number of ether oxygens (including phenoxy) is 1. The fourth-order valence-electron chi connectivity index (χ4n) is 1.57. The first-order valence-corrected chi connectivity index (χ1v) is 7.19. The highest BCUT2D eigenvalue weighted by molar-refractivity contribution is 9.10. The molecule has 0 aliphatic carbocycles. The van der Waals surface area contributed by atoms with E-state index in [1.807, 2.05) is 19.1 Å². The minimum atomic E-state index is 0.322. The average molecular weight is 358 g/mol. The number of benzene rings is 1. The average Bonchev–Trinajstić information content (AvgIpc) is 2.40. The van der Waals surface area contributed by atoms with E-state index in [2.05, 4.69) is 31.2 Å². The minimum Gasteiger partial charge on any atom is -0.384 e. The van der Waals surface area contributed by atoms with Crippen molar-refractivity contribution in [3.8, 4) is 0 Å². The van der Waals surface area contributed by atoms with Gasteiger partial charge in [0.2, 0.25) is 0 Å². The van der Waals surface area contributed by atoms with E-state index in [4.69, 9.17) is 22.1 Å². The van der Waals surface area contributed by atoms with Gasteiger partial charge in [0.25, 0.3) is 0 Å². The highest BCUT2D eigenvalue weighted by Crippen LogP contribution is 2.28. The Kier molecular flexibility index (Phi) is 5.17. The van der Waals surface area contributed by atoms with E-state index < -0.39 is 0 Å². The molecule has 0 aliphatic heterocycles. The maximum Gasteiger partial charge on any atom is 0.158 e. The smallest absolute Gasteiger partial charge is 0.158 e. The van der Waals surface area contributed by atoms with Crippen LogP contribution in [-0.2, 0) is 11.3 Å². The van der Waals surface area contributed by atoms with Crippen LogP contribution in [0.2, 0.25) is 5.02 Å². The number of nitrogens with one attached hydrogen (secondary N) is 1. The number of anilines is 3. The first-order valence-electron chi connectivity index (χ1n) is 6.01. The Hall–Kier alpha value is -1.37. The van der Waals surface area contributed by atoms with Gasteiger partial charge in [-0.15, -0.1) is 0 Å². The van der Waals surface area contributed by atoms with Gasteiger partial charge < -0.3 is 15.8 Å². The summed E-state index contributed by atoms with van der Waals surface area (Å²) in [5.74, 6) is 1.48. The molecule has 2 aromatic rings. The molecule has 2 rings (SSSR count). The molecule has 0 radical (unpaired) electrons. The number of nitrogens with zero attached hydrogens (tertiary/aromatic N) is 2. The number of nitrogens with two attached hydrogens (primary N) is 1. The third-order valence-electron chi connectivity index (χ3n) is 2.42. The predicted octanol–water partition coefficient (Wildman–Crippen LogP) is 3.75. The molecule has 0 spiro atoms. The molecular weight excluding hydrogens is 344 g/mol. The molecule has 0 saturated carbocycles. The molecule has 0 fully saturated rings. The first-order chi connectivity index (χ1) is 9.58. The summed E-state index contributed by atoms with van der Waals surface area (Å²) < 4.78 is 6.20. The zero-order valence-corrected chi connectivity index (χ0v) is 13.2. The predicted molar refractivity (Wildman–Crippen MR) is 84.2 cm³/mol. The summed E-state index contributed by atoms with van der Waals surface area (Å²) >= 11 is 9.52. The van der Waals surface area contributed by atoms with Crippen molar-refractivity contribution in [3.05, 3.63) is 39.6 Å². The monoisotopic (exact) mass is 356 g/mol. The molecule has 20 heavy (non-hydrogen) atoms. The Morgan fingerprint density at radius 2 is 2.15 bits per heavy atom. The van der Waals surface area contributed by atoms with Crippen LogP contribution in [-0.4, -0.2) is 16.6 Å². The number of rotatable bonds is 5. The number of aromatic nitrogens is 2. The molecule has 1 aromatic heterocycles. The molecule has 7 heteroatoms. The van der Waals surface area contributed by atoms with Gasteiger partial charge in [-0.25, -0.2) is 9.97 Å². The van der Waals surface area contributed by atoms with Gasteiger partial charge in [0.15, 0.2) is 5.82 Å². The van der Waals surface area contributed by atoms with Gasteiger partial charge in [0.05, 0.1) is 10.7 Å². The van der Waals surface area contributed by atoms with Crippen LogP contribution in [0.3, 0.4) is 0 Å². The SMILES string of the molecule is CCOCc1nc(N)cc(Nc2cc(Br)ccc2Cl)n1. The summed E-state index contributed by atoms with van der Waals surface area (Å²) in [6.07, 6.45) is 0. The molecule has 5 nitrogen and oxygen atoms in total. The molecule has 3 N–H and O–H groups in total. The van der Waals surface area contributed by atoms with Crippen LogP contribution in [0.25, 0.3) is 0 Å². The fourth-order valence-corrected chi connectivity index (χ4v) is 2.10. The van der Waals surface area contributed by atoms with Crippen LogP contribution in [0.4, 0.5) is 17.3 Å². The Balaban J connectivity index is 2.24. The molecule has 0 aliphatic rings. The van der Waals surface area contributed by atoms with Crippen molar-refractivity contribution < 1.29 is 4.74 Å². The summed E-state index contributed by atoms with van der Waals surface area (Å²) in [6.45, 7) is 2.83. The molecule has 0 amide bonds. The molecular formula is C13H14BrClN4O. The zero-order valence-electron chi connectivity index (χ0n) is 10.9. The van der Waals surface area contributed by atoms with Crippen molar-refractivity contribution in [2.24, 2.45) is 0 Å². The van der Waals surface area contributed by atoms with E-state index in [0.29, 0.717) is 35.7 Å². The highest BCUT2D eigenvalue weighted by Gasteiger charge is 2.06. The van der Waals surface area contributed by atoms with Crippen molar-refractivity contribution >= 4 is 44.9 Å². The summed E-state index contributed by atoms with van der Waals surface area (Å²) in [5.41, 5.74) is 6.50. The first kappa shape index (κ1) is 15.0. The Bertz CT molecular complexity index is 609. The number of hydrogen-bond donors (Lipinski definition) is 2. The van der Waals surface area contributed by atoms with Crippen molar-refractivity contribution in [1.29, 1.82) is 0 Å². The standard InChI is InChI=1S/C13H14BrClN4O/c1-2-20-7-13-18-11(16)6-12(19-13)17-10-5-8(14)3-4-9(10)15/h3-6H,2,7H2,1H3,(H3,16,17,18,19). The third kappa shape index (κ3) is 4.06. The number of nitrogen functional groups attached to an aromatic ring is 1. The van der Waals surface area contributed by atoms with E-state index in [0.717, 1.165) is 10.2 Å². The lowest BCUT2D eigenvalue weighted by atomic mass is 10.3. The van der Waals surface area contributed by atoms with Gasteiger partial charge in [-0.05, 0) is 25.1 Å². The lowest BCUT2D eigenvalue weighted by molar-refractivity contribution is 0.128. The third-order valence-corrected chi connectivity index (χ3v) is 3.24. The molecule has 1 heterocycles. The highest BCUT2D eigenvalue weighted by atomic mass is 79.9. The molecule has 0 saturated heterocycles. The van der Waals surface area contributed by atoms with Crippen molar-refractivity contribution in [2.75, 3.05) is 17.7 Å². The van der Waals surface area contributed by atoms with Gasteiger partial charge in [0, 0.05) is 17.1 Å². The van der Waals surface area contributed by atoms with E-state index in [-0.39, 0.29) is 0 Å². The van der Waals surface area contributed by atoms with Crippen LogP contribution >= 0.6 is 27.5 Å². The second-order valence-electron chi connectivity index (χ2n) is 3.98. The Morgan fingerprint density at radius 3 is 2.90 bits per heavy atom. The van der Waals surface area contributed by atoms with Crippen LogP contribution in [0.1, 0.15) is 12.7 Å². The molecule has 0 unspecified atom stereocenters. The van der Waals surface area contributed by atoms with E-state index in [9.17, 15) is 0 Å². The largest absolute Gasteiger partial charge is 0.384 e. The van der Waals surface area contributed by atoms with Gasteiger partial charge in [-0.3, -0.25) is 0 Å². The Morgan fingerprint density at radius 1 is 1.35 bits per heavy atom. The van der Waals surface area contributed by atoms with Crippen molar-refractivity contribution in [2.45, 2.75) is 13.5 Å². The summed E-state index contributed by atoms with van der Waals surface area (Å²) in [6, 6.07) is 7.16. The lowest BCUT2D eigenvalue weighted by Gasteiger charge is -2.10. The van der Waals surface area contributed by atoms with Crippen LogP contribution in [0.15, 0.2) is 28.7 Å². The summed E-state index contributed by atoms with van der Waals surface area (Å²) in [4.78, 5) is 8.45. The number of hydrogen-bond acceptors (Lipinski definition) is 5. The number of halogens is 2. The second kappa shape index (κ2) is 6.88. The topological polar surface area (TPSA) is 73.1 Å². The van der Waals surface area contributed by atoms with Crippen molar-refractivity contribution in [3.63, 3.8) is 0 Å². The fraction of sp³-hybridized carbons (Fsp3) is 0.231. The van der Waals surface area contributed by atoms with Crippen LogP contribution in [0.5, 0.6) is 0 Å². The second-order valence-corrected chi connectivity index (χ2v) is 5.30. The van der Waals surface area contributed by atoms with Crippen LogP contribution < -0.4 is 11.1 Å². The van der Waals surface area contributed by atoms with Crippen molar-refractivity contribution in [1.82, 2.24) is 9.97 Å². The lowest BCUT2D eigenvalue weighted by Crippen LogP contribution is -2.05. The summed E-state index contributed by atoms with van der Waals surface area (Å²) in [5, 5.41) is 3.72. The van der Waals surface area contributed by atoms with E-state index >= 15 is 0 Å². The maximum atomic E-state index is 6.13. The van der Waals surface area contributed by atoms with Gasteiger partial charge in [-0.1, -0.05) is 27.5 Å². The van der Waals surface area contributed by atoms with Gasteiger partial charge in [0.1, 0.15) is 18.2 Å². The van der Waals surface area contributed by atoms with Gasteiger partial charge in [-0.2, -0.15) is 0 Å². The minimum absolute atomic E-state index is 0.322. The zero-order chi connectivity index (χ0) is 14.5. The molecule has 1 aromatic carbocycles. The van der Waals surface area contributed by atoms with E-state index in [1.165, 1.54) is 0 Å². The van der Waals surface area contributed by atoms with Gasteiger partial charge >= 0.3 is 0 Å².